The minimum atomic E-state index is -0.418. The van der Waals surface area contributed by atoms with Crippen molar-refractivity contribution in [3.8, 4) is 0 Å². The lowest BCUT2D eigenvalue weighted by atomic mass is 9.93. The SMILES string of the molecule is Cc1[nH]c(C(=O)N2CCCC(C(=O)NC3CCCCC3)C2)c(C)c1C(=O)OC(C)C. The first-order chi connectivity index (χ1) is 14.3. The summed E-state index contributed by atoms with van der Waals surface area (Å²) in [7, 11) is 0. The zero-order valence-electron chi connectivity index (χ0n) is 18.7. The highest BCUT2D eigenvalue weighted by Gasteiger charge is 2.32. The molecule has 1 unspecified atom stereocenters. The maximum absolute atomic E-state index is 13.2. The molecule has 1 aromatic heterocycles. The number of piperidine rings is 1. The number of H-pyrrole nitrogens is 1. The minimum absolute atomic E-state index is 0.0694. The van der Waals surface area contributed by atoms with Gasteiger partial charge in [-0.25, -0.2) is 4.79 Å². The number of ether oxygens (including phenoxy) is 1. The standard InChI is InChI=1S/C23H35N3O4/c1-14(2)30-23(29)19-15(3)20(24-16(19)4)22(28)26-12-8-9-17(13-26)21(27)25-18-10-6-5-7-11-18/h14,17-18,24H,5-13H2,1-4H3,(H,25,27). The molecule has 2 aliphatic rings. The fraction of sp³-hybridized carbons (Fsp3) is 0.696. The van der Waals surface area contributed by atoms with Crippen LogP contribution in [0.2, 0.25) is 0 Å². The van der Waals surface area contributed by atoms with Gasteiger partial charge in [0, 0.05) is 24.8 Å². The third kappa shape index (κ3) is 5.05. The van der Waals surface area contributed by atoms with Crippen molar-refractivity contribution in [2.24, 2.45) is 5.92 Å². The van der Waals surface area contributed by atoms with E-state index in [0.29, 0.717) is 35.6 Å². The predicted molar refractivity (Wildman–Crippen MR) is 114 cm³/mol. The van der Waals surface area contributed by atoms with Crippen LogP contribution >= 0.6 is 0 Å². The summed E-state index contributed by atoms with van der Waals surface area (Å²) >= 11 is 0. The molecule has 1 saturated carbocycles. The summed E-state index contributed by atoms with van der Waals surface area (Å²) in [6, 6.07) is 0.278. The molecule has 2 amide bonds. The second kappa shape index (κ2) is 9.67. The average Bonchev–Trinajstić information content (AvgIpc) is 3.01. The van der Waals surface area contributed by atoms with Gasteiger partial charge in [-0.15, -0.1) is 0 Å². The molecule has 7 heteroatoms. The maximum atomic E-state index is 13.2. The third-order valence-electron chi connectivity index (χ3n) is 6.23. The molecule has 30 heavy (non-hydrogen) atoms. The molecule has 1 atom stereocenters. The molecule has 2 heterocycles. The third-order valence-corrected chi connectivity index (χ3v) is 6.23. The molecule has 0 radical (unpaired) electrons. The Hall–Kier alpha value is -2.31. The lowest BCUT2D eigenvalue weighted by Gasteiger charge is -2.33. The molecule has 1 aliphatic carbocycles. The van der Waals surface area contributed by atoms with Gasteiger partial charge in [-0.1, -0.05) is 19.3 Å². The Morgan fingerprint density at radius 1 is 1.07 bits per heavy atom. The van der Waals surface area contributed by atoms with Crippen molar-refractivity contribution in [3.63, 3.8) is 0 Å². The van der Waals surface area contributed by atoms with Gasteiger partial charge >= 0.3 is 5.97 Å². The summed E-state index contributed by atoms with van der Waals surface area (Å²) in [6.45, 7) is 8.18. The highest BCUT2D eigenvalue weighted by atomic mass is 16.5. The number of esters is 1. The highest BCUT2D eigenvalue weighted by Crippen LogP contribution is 2.25. The first-order valence-electron chi connectivity index (χ1n) is 11.3. The quantitative estimate of drug-likeness (QED) is 0.718. The smallest absolute Gasteiger partial charge is 0.340 e. The van der Waals surface area contributed by atoms with Gasteiger partial charge in [0.15, 0.2) is 0 Å². The number of nitrogens with one attached hydrogen (secondary N) is 2. The lowest BCUT2D eigenvalue weighted by Crippen LogP contribution is -2.48. The summed E-state index contributed by atoms with van der Waals surface area (Å²) in [6.07, 6.45) is 7.08. The Bertz CT molecular complexity index is 793. The van der Waals surface area contributed by atoms with E-state index in [1.54, 1.807) is 32.6 Å². The Balaban J connectivity index is 1.67. The second-order valence-corrected chi connectivity index (χ2v) is 9.01. The van der Waals surface area contributed by atoms with Crippen LogP contribution in [-0.4, -0.2) is 52.9 Å². The molecule has 0 spiro atoms. The van der Waals surface area contributed by atoms with Crippen LogP contribution in [0.4, 0.5) is 0 Å². The lowest BCUT2D eigenvalue weighted by molar-refractivity contribution is -0.127. The zero-order valence-corrected chi connectivity index (χ0v) is 18.7. The maximum Gasteiger partial charge on any atom is 0.340 e. The summed E-state index contributed by atoms with van der Waals surface area (Å²) in [5, 5.41) is 3.20. The molecule has 1 saturated heterocycles. The monoisotopic (exact) mass is 417 g/mol. The normalized spacial score (nSPS) is 20.3. The molecule has 2 N–H and O–H groups in total. The molecular weight excluding hydrogens is 382 g/mol. The molecule has 1 aromatic rings. The molecule has 1 aliphatic heterocycles. The molecular formula is C23H35N3O4. The van der Waals surface area contributed by atoms with E-state index in [9.17, 15) is 14.4 Å². The van der Waals surface area contributed by atoms with Gasteiger partial charge in [0.1, 0.15) is 5.69 Å². The van der Waals surface area contributed by atoms with E-state index in [4.69, 9.17) is 4.74 Å². The zero-order chi connectivity index (χ0) is 21.8. The van der Waals surface area contributed by atoms with Crippen molar-refractivity contribution < 1.29 is 19.1 Å². The van der Waals surface area contributed by atoms with Gasteiger partial charge in [-0.05, 0) is 58.9 Å². The summed E-state index contributed by atoms with van der Waals surface area (Å²) in [5.41, 5.74) is 2.08. The summed E-state index contributed by atoms with van der Waals surface area (Å²) in [5.74, 6) is -0.681. The van der Waals surface area contributed by atoms with E-state index >= 15 is 0 Å². The van der Waals surface area contributed by atoms with Gasteiger partial charge in [0.2, 0.25) is 5.91 Å². The first kappa shape index (κ1) is 22.4. The number of aromatic nitrogens is 1. The molecule has 3 rings (SSSR count). The van der Waals surface area contributed by atoms with Gasteiger partial charge in [0.05, 0.1) is 17.6 Å². The fourth-order valence-electron chi connectivity index (χ4n) is 4.64. The number of rotatable bonds is 5. The fourth-order valence-corrected chi connectivity index (χ4v) is 4.64. The van der Waals surface area contributed by atoms with Crippen molar-refractivity contribution >= 4 is 17.8 Å². The van der Waals surface area contributed by atoms with E-state index < -0.39 is 5.97 Å². The van der Waals surface area contributed by atoms with E-state index in [2.05, 4.69) is 10.3 Å². The largest absolute Gasteiger partial charge is 0.459 e. The van der Waals surface area contributed by atoms with Crippen molar-refractivity contribution in [1.82, 2.24) is 15.2 Å². The van der Waals surface area contributed by atoms with Crippen LogP contribution in [0.15, 0.2) is 0 Å². The number of amides is 2. The highest BCUT2D eigenvalue weighted by molar-refractivity contribution is 6.00. The number of hydrogen-bond donors (Lipinski definition) is 2. The predicted octanol–water partition coefficient (Wildman–Crippen LogP) is 3.50. The second-order valence-electron chi connectivity index (χ2n) is 9.01. The number of aromatic amines is 1. The molecule has 166 valence electrons. The Kier molecular flexibility index (Phi) is 7.21. The van der Waals surface area contributed by atoms with Crippen LogP contribution in [0.5, 0.6) is 0 Å². The van der Waals surface area contributed by atoms with Crippen molar-refractivity contribution in [3.05, 3.63) is 22.5 Å². The number of carbonyl (C=O) groups excluding carboxylic acids is 3. The van der Waals surface area contributed by atoms with Crippen LogP contribution in [0, 0.1) is 19.8 Å². The first-order valence-corrected chi connectivity index (χ1v) is 11.3. The van der Waals surface area contributed by atoms with Crippen LogP contribution in [0.1, 0.15) is 90.9 Å². The van der Waals surface area contributed by atoms with Crippen LogP contribution < -0.4 is 5.32 Å². The van der Waals surface area contributed by atoms with E-state index in [0.717, 1.165) is 25.7 Å². The van der Waals surface area contributed by atoms with Gasteiger partial charge in [-0.2, -0.15) is 0 Å². The van der Waals surface area contributed by atoms with Crippen molar-refractivity contribution in [2.45, 2.75) is 84.8 Å². The number of hydrogen-bond acceptors (Lipinski definition) is 4. The van der Waals surface area contributed by atoms with E-state index in [1.165, 1.54) is 19.3 Å². The minimum Gasteiger partial charge on any atom is -0.459 e. The molecule has 0 aromatic carbocycles. The number of carbonyl (C=O) groups is 3. The van der Waals surface area contributed by atoms with Crippen LogP contribution in [0.3, 0.4) is 0 Å². The number of likely N-dealkylation sites (tertiary alicyclic amines) is 1. The average molecular weight is 418 g/mol. The Morgan fingerprint density at radius 3 is 2.43 bits per heavy atom. The molecule has 2 fully saturated rings. The summed E-state index contributed by atoms with van der Waals surface area (Å²) in [4.78, 5) is 43.2. The summed E-state index contributed by atoms with van der Waals surface area (Å²) < 4.78 is 5.32. The van der Waals surface area contributed by atoms with Gasteiger partial charge in [-0.3, -0.25) is 9.59 Å². The Labute approximate surface area is 178 Å². The molecule has 0 bridgehead atoms. The van der Waals surface area contributed by atoms with Gasteiger partial charge < -0.3 is 19.9 Å². The van der Waals surface area contributed by atoms with Crippen molar-refractivity contribution in [1.29, 1.82) is 0 Å². The van der Waals surface area contributed by atoms with Crippen LogP contribution in [-0.2, 0) is 9.53 Å². The van der Waals surface area contributed by atoms with Crippen molar-refractivity contribution in [2.75, 3.05) is 13.1 Å². The van der Waals surface area contributed by atoms with Crippen LogP contribution in [0.25, 0.3) is 0 Å². The topological polar surface area (TPSA) is 91.5 Å². The van der Waals surface area contributed by atoms with E-state index in [1.807, 2.05) is 0 Å². The number of nitrogens with zero attached hydrogens (tertiary/aromatic N) is 1. The van der Waals surface area contributed by atoms with Gasteiger partial charge in [0.25, 0.3) is 5.91 Å². The number of aryl methyl sites for hydroxylation is 1. The Morgan fingerprint density at radius 2 is 1.77 bits per heavy atom. The molecule has 7 nitrogen and oxygen atoms in total. The van der Waals surface area contributed by atoms with E-state index in [-0.39, 0.29) is 29.9 Å².